The lowest BCUT2D eigenvalue weighted by Crippen LogP contribution is -2.11. The smallest absolute Gasteiger partial charge is 0.146 e. The zero-order valence-corrected chi connectivity index (χ0v) is 7.12. The topological polar surface area (TPSA) is 18.5 Å². The van der Waals surface area contributed by atoms with Crippen molar-refractivity contribution in [3.8, 4) is 0 Å². The van der Waals surface area contributed by atoms with Crippen molar-refractivity contribution in [2.24, 2.45) is 0 Å². The predicted molar refractivity (Wildman–Crippen MR) is 48.5 cm³/mol. The molecule has 0 N–H and O–H groups in total. The molecule has 0 aromatic heterocycles. The molecule has 0 aliphatic rings. The molecular weight excluding hydrogens is 151 g/mol. The second-order valence-corrected chi connectivity index (χ2v) is 2.45. The van der Waals surface area contributed by atoms with Gasteiger partial charge in [0, 0.05) is 7.11 Å². The Labute approximate surface area is 73.9 Å². The average molecular weight is 162 g/mol. The first-order valence-corrected chi connectivity index (χ1v) is 3.74. The van der Waals surface area contributed by atoms with Crippen LogP contribution in [0.2, 0.25) is 0 Å². The summed E-state index contributed by atoms with van der Waals surface area (Å²) in [6.45, 7) is 0.800. The minimum atomic E-state index is 0.300. The molecule has 2 radical (unpaired) electrons. The van der Waals surface area contributed by atoms with Crippen molar-refractivity contribution in [2.45, 2.75) is 6.61 Å². The maximum atomic E-state index is 5.68. The number of hydrogen-bond acceptors (Lipinski definition) is 2. The molecule has 0 spiro atoms. The van der Waals surface area contributed by atoms with Gasteiger partial charge in [0.05, 0.1) is 6.61 Å². The van der Waals surface area contributed by atoms with Gasteiger partial charge in [-0.15, -0.1) is 0 Å². The number of hydrogen-bond donors (Lipinski definition) is 0. The van der Waals surface area contributed by atoms with Crippen LogP contribution in [-0.2, 0) is 16.1 Å². The van der Waals surface area contributed by atoms with E-state index in [4.69, 9.17) is 17.3 Å². The maximum Gasteiger partial charge on any atom is 0.146 e. The van der Waals surface area contributed by atoms with E-state index in [9.17, 15) is 0 Å². The number of rotatable bonds is 4. The highest BCUT2D eigenvalue weighted by Gasteiger charge is 1.94. The van der Waals surface area contributed by atoms with Crippen molar-refractivity contribution in [1.82, 2.24) is 0 Å². The highest BCUT2D eigenvalue weighted by atomic mass is 16.7. The molecule has 1 aromatic rings. The first-order valence-electron chi connectivity index (χ1n) is 3.74. The summed E-state index contributed by atoms with van der Waals surface area (Å²) < 4.78 is 9.89. The van der Waals surface area contributed by atoms with Crippen LogP contribution in [0.4, 0.5) is 0 Å². The van der Waals surface area contributed by atoms with E-state index in [-0.39, 0.29) is 0 Å². The third-order valence-corrected chi connectivity index (χ3v) is 1.51. The van der Waals surface area contributed by atoms with Gasteiger partial charge in [-0.1, -0.05) is 29.7 Å². The Kier molecular flexibility index (Phi) is 3.84. The van der Waals surface area contributed by atoms with Crippen molar-refractivity contribution in [3.05, 3.63) is 29.8 Å². The molecule has 0 amide bonds. The largest absolute Gasteiger partial charge is 0.359 e. The summed E-state index contributed by atoms with van der Waals surface area (Å²) in [6.07, 6.45) is 0. The minimum Gasteiger partial charge on any atom is -0.359 e. The van der Waals surface area contributed by atoms with E-state index < -0.39 is 0 Å². The number of ether oxygens (including phenoxy) is 2. The zero-order chi connectivity index (χ0) is 8.81. The molecule has 0 heterocycles. The standard InChI is InChI=1S/C9H11BO2/c1-11-7-12-6-8-4-2-3-5-9(8)10/h2-5H,6-7H2,1H3. The first kappa shape index (κ1) is 9.29. The quantitative estimate of drug-likeness (QED) is 0.366. The highest BCUT2D eigenvalue weighted by Crippen LogP contribution is 1.96. The molecular formula is C9H11BO2. The summed E-state index contributed by atoms with van der Waals surface area (Å²) in [4.78, 5) is 0. The molecule has 0 aliphatic carbocycles. The summed E-state index contributed by atoms with van der Waals surface area (Å²) >= 11 is 0. The van der Waals surface area contributed by atoms with Crippen LogP contribution in [0, 0.1) is 0 Å². The lowest BCUT2D eigenvalue weighted by molar-refractivity contribution is -0.0388. The van der Waals surface area contributed by atoms with Crippen LogP contribution >= 0.6 is 0 Å². The van der Waals surface area contributed by atoms with E-state index in [1.165, 1.54) is 0 Å². The minimum absolute atomic E-state index is 0.300. The van der Waals surface area contributed by atoms with E-state index >= 15 is 0 Å². The monoisotopic (exact) mass is 162 g/mol. The Morgan fingerprint density at radius 3 is 2.75 bits per heavy atom. The van der Waals surface area contributed by atoms with Gasteiger partial charge in [0.15, 0.2) is 0 Å². The van der Waals surface area contributed by atoms with E-state index in [0.29, 0.717) is 13.4 Å². The fourth-order valence-electron chi connectivity index (χ4n) is 0.901. The second-order valence-electron chi connectivity index (χ2n) is 2.45. The van der Waals surface area contributed by atoms with Crippen LogP contribution in [0.15, 0.2) is 24.3 Å². The van der Waals surface area contributed by atoms with Crippen molar-refractivity contribution in [1.29, 1.82) is 0 Å². The van der Waals surface area contributed by atoms with Gasteiger partial charge in [0.25, 0.3) is 0 Å². The summed E-state index contributed by atoms with van der Waals surface area (Å²) in [7, 11) is 7.27. The molecule has 0 atom stereocenters. The molecule has 0 aliphatic heterocycles. The molecule has 2 nitrogen and oxygen atoms in total. The number of methoxy groups -OCH3 is 1. The van der Waals surface area contributed by atoms with Gasteiger partial charge < -0.3 is 9.47 Å². The third kappa shape index (κ3) is 2.68. The van der Waals surface area contributed by atoms with Crippen LogP contribution in [0.25, 0.3) is 0 Å². The van der Waals surface area contributed by atoms with Gasteiger partial charge in [-0.05, 0) is 5.56 Å². The molecule has 0 fully saturated rings. The van der Waals surface area contributed by atoms with Crippen molar-refractivity contribution in [2.75, 3.05) is 13.9 Å². The van der Waals surface area contributed by atoms with Crippen molar-refractivity contribution in [3.63, 3.8) is 0 Å². The summed E-state index contributed by atoms with van der Waals surface area (Å²) in [5.41, 5.74) is 1.75. The molecule has 0 saturated carbocycles. The van der Waals surface area contributed by atoms with Crippen LogP contribution in [0.1, 0.15) is 5.56 Å². The molecule has 1 aromatic carbocycles. The normalized spacial score (nSPS) is 10.1. The Morgan fingerprint density at radius 1 is 1.33 bits per heavy atom. The molecule has 12 heavy (non-hydrogen) atoms. The fraction of sp³-hybridized carbons (Fsp3) is 0.333. The van der Waals surface area contributed by atoms with Crippen molar-refractivity contribution < 1.29 is 9.47 Å². The molecule has 0 saturated heterocycles. The molecule has 62 valence electrons. The van der Waals surface area contributed by atoms with Gasteiger partial charge >= 0.3 is 0 Å². The van der Waals surface area contributed by atoms with Gasteiger partial charge in [-0.3, -0.25) is 0 Å². The van der Waals surface area contributed by atoms with Gasteiger partial charge in [-0.2, -0.15) is 0 Å². The van der Waals surface area contributed by atoms with Gasteiger partial charge in [0.2, 0.25) is 0 Å². The zero-order valence-electron chi connectivity index (χ0n) is 7.12. The lowest BCUT2D eigenvalue weighted by atomic mass is 9.91. The van der Waals surface area contributed by atoms with Crippen LogP contribution in [0.5, 0.6) is 0 Å². The number of benzene rings is 1. The molecule has 1 rings (SSSR count). The van der Waals surface area contributed by atoms with Gasteiger partial charge in [0.1, 0.15) is 14.6 Å². The molecule has 0 bridgehead atoms. The van der Waals surface area contributed by atoms with E-state index in [2.05, 4.69) is 0 Å². The Morgan fingerprint density at radius 2 is 2.08 bits per heavy atom. The van der Waals surface area contributed by atoms with Crippen LogP contribution in [0.3, 0.4) is 0 Å². The Hall–Kier alpha value is -0.795. The Bertz CT molecular complexity index is 238. The molecule has 0 unspecified atom stereocenters. The Balaban J connectivity index is 2.46. The predicted octanol–water partition coefficient (Wildman–Crippen LogP) is 0.601. The van der Waals surface area contributed by atoms with E-state index in [1.54, 1.807) is 7.11 Å². The highest BCUT2D eigenvalue weighted by molar-refractivity contribution is 6.33. The maximum absolute atomic E-state index is 5.68. The van der Waals surface area contributed by atoms with Crippen LogP contribution in [-0.4, -0.2) is 21.7 Å². The summed E-state index contributed by atoms with van der Waals surface area (Å²) in [5.74, 6) is 0. The lowest BCUT2D eigenvalue weighted by Gasteiger charge is -2.05. The SMILES string of the molecule is [B]c1ccccc1COCOC. The summed E-state index contributed by atoms with van der Waals surface area (Å²) in [5, 5.41) is 0. The molecule has 3 heteroatoms. The van der Waals surface area contributed by atoms with Crippen molar-refractivity contribution >= 4 is 13.3 Å². The van der Waals surface area contributed by atoms with E-state index in [0.717, 1.165) is 11.0 Å². The second kappa shape index (κ2) is 4.96. The van der Waals surface area contributed by atoms with Crippen LogP contribution < -0.4 is 5.46 Å². The van der Waals surface area contributed by atoms with Gasteiger partial charge in [-0.25, -0.2) is 0 Å². The average Bonchev–Trinajstić information content (AvgIpc) is 2.09. The van der Waals surface area contributed by atoms with E-state index in [1.807, 2.05) is 24.3 Å². The summed E-state index contributed by atoms with van der Waals surface area (Å²) in [6, 6.07) is 7.62. The third-order valence-electron chi connectivity index (χ3n) is 1.51. The first-order chi connectivity index (χ1) is 5.84. The fourth-order valence-corrected chi connectivity index (χ4v) is 0.901.